The molecule has 0 aromatic heterocycles. The summed E-state index contributed by atoms with van der Waals surface area (Å²) in [7, 11) is 0. The summed E-state index contributed by atoms with van der Waals surface area (Å²) in [6, 6.07) is 4.72. The van der Waals surface area contributed by atoms with Crippen molar-refractivity contribution in [2.75, 3.05) is 5.88 Å². The summed E-state index contributed by atoms with van der Waals surface area (Å²) in [5.74, 6) is 0.377. The van der Waals surface area contributed by atoms with Crippen LogP contribution in [0.1, 0.15) is 25.3 Å². The van der Waals surface area contributed by atoms with Crippen molar-refractivity contribution in [1.82, 2.24) is 0 Å². The van der Waals surface area contributed by atoms with E-state index < -0.39 is 0 Å². The van der Waals surface area contributed by atoms with Crippen LogP contribution < -0.4 is 0 Å². The summed E-state index contributed by atoms with van der Waals surface area (Å²) in [5.41, 5.74) is 0.541. The van der Waals surface area contributed by atoms with Crippen molar-refractivity contribution in [3.63, 3.8) is 0 Å². The van der Waals surface area contributed by atoms with Crippen LogP contribution in [0.2, 0.25) is 5.02 Å². The van der Waals surface area contributed by atoms with Gasteiger partial charge in [-0.2, -0.15) is 0 Å². The molecule has 0 nitrogen and oxygen atoms in total. The van der Waals surface area contributed by atoms with Crippen LogP contribution in [-0.2, 0) is 0 Å². The molecule has 1 unspecified atom stereocenters. The Labute approximate surface area is 94.0 Å². The Hall–Kier alpha value is -0.270. The van der Waals surface area contributed by atoms with Gasteiger partial charge < -0.3 is 0 Å². The normalized spacial score (nSPS) is 13.3. The second-order valence-electron chi connectivity index (χ2n) is 3.64. The second-order valence-corrected chi connectivity index (χ2v) is 4.36. The zero-order chi connectivity index (χ0) is 10.7. The number of halogens is 3. The van der Waals surface area contributed by atoms with Crippen molar-refractivity contribution in [3.8, 4) is 0 Å². The van der Waals surface area contributed by atoms with Gasteiger partial charge in [0.15, 0.2) is 0 Å². The van der Waals surface area contributed by atoms with Crippen LogP contribution in [0.3, 0.4) is 0 Å². The molecule has 0 heterocycles. The number of alkyl halides is 1. The van der Waals surface area contributed by atoms with Crippen LogP contribution in [-0.4, -0.2) is 5.88 Å². The van der Waals surface area contributed by atoms with Gasteiger partial charge in [-0.25, -0.2) is 4.39 Å². The van der Waals surface area contributed by atoms with Gasteiger partial charge in [0.2, 0.25) is 0 Å². The smallest absolute Gasteiger partial charge is 0.128 e. The van der Waals surface area contributed by atoms with Gasteiger partial charge in [0, 0.05) is 22.4 Å². The fourth-order valence-corrected chi connectivity index (χ4v) is 2.27. The minimum absolute atomic E-state index is 0.0228. The molecule has 0 aliphatic carbocycles. The lowest BCUT2D eigenvalue weighted by Crippen LogP contribution is -2.11. The number of benzene rings is 1. The molecule has 0 N–H and O–H groups in total. The molecule has 0 amide bonds. The molecule has 1 aromatic carbocycles. The third-order valence-corrected chi connectivity index (χ3v) is 3.00. The molecule has 0 bridgehead atoms. The molecule has 0 fully saturated rings. The molecule has 0 spiro atoms. The van der Waals surface area contributed by atoms with Gasteiger partial charge in [-0.05, 0) is 18.1 Å². The van der Waals surface area contributed by atoms with Gasteiger partial charge in [-0.15, -0.1) is 11.6 Å². The fourth-order valence-electron chi connectivity index (χ4n) is 1.45. The SMILES string of the molecule is CC(C)C(CCl)c1c(F)cccc1Cl. The summed E-state index contributed by atoms with van der Waals surface area (Å²) in [6.45, 7) is 4.02. The summed E-state index contributed by atoms with van der Waals surface area (Å²) in [5, 5.41) is 0.462. The zero-order valence-corrected chi connectivity index (χ0v) is 9.74. The van der Waals surface area contributed by atoms with E-state index >= 15 is 0 Å². The molecule has 0 aliphatic heterocycles. The van der Waals surface area contributed by atoms with Crippen molar-refractivity contribution >= 4 is 23.2 Å². The Bertz CT molecular complexity index is 290. The van der Waals surface area contributed by atoms with Crippen LogP contribution in [0.15, 0.2) is 18.2 Å². The Kier molecular flexibility index (Phi) is 4.21. The Morgan fingerprint density at radius 3 is 2.43 bits per heavy atom. The van der Waals surface area contributed by atoms with Gasteiger partial charge in [-0.1, -0.05) is 31.5 Å². The van der Waals surface area contributed by atoms with E-state index in [0.29, 0.717) is 16.5 Å². The molecule has 78 valence electrons. The Morgan fingerprint density at radius 1 is 1.36 bits per heavy atom. The average molecular weight is 235 g/mol. The summed E-state index contributed by atoms with van der Waals surface area (Å²) in [4.78, 5) is 0. The van der Waals surface area contributed by atoms with Crippen LogP contribution in [0.25, 0.3) is 0 Å². The molecule has 0 aliphatic rings. The predicted octanol–water partition coefficient (Wildman–Crippen LogP) is 4.46. The van der Waals surface area contributed by atoms with Crippen LogP contribution in [0.5, 0.6) is 0 Å². The van der Waals surface area contributed by atoms with Crippen molar-refractivity contribution < 1.29 is 4.39 Å². The highest BCUT2D eigenvalue weighted by Gasteiger charge is 2.20. The monoisotopic (exact) mass is 234 g/mol. The zero-order valence-electron chi connectivity index (χ0n) is 8.23. The lowest BCUT2D eigenvalue weighted by atomic mass is 9.90. The molecule has 14 heavy (non-hydrogen) atoms. The van der Waals surface area contributed by atoms with Gasteiger partial charge in [0.05, 0.1) is 0 Å². The van der Waals surface area contributed by atoms with E-state index in [4.69, 9.17) is 23.2 Å². The Balaban J connectivity index is 3.15. The number of hydrogen-bond acceptors (Lipinski definition) is 0. The molecule has 1 aromatic rings. The third kappa shape index (κ3) is 2.40. The molecule has 0 saturated carbocycles. The minimum atomic E-state index is -0.267. The molecular weight excluding hydrogens is 222 g/mol. The lowest BCUT2D eigenvalue weighted by Gasteiger charge is -2.20. The number of hydrogen-bond donors (Lipinski definition) is 0. The van der Waals surface area contributed by atoms with Crippen molar-refractivity contribution in [2.45, 2.75) is 19.8 Å². The molecule has 0 radical (unpaired) electrons. The van der Waals surface area contributed by atoms with Crippen molar-refractivity contribution in [1.29, 1.82) is 0 Å². The van der Waals surface area contributed by atoms with Crippen molar-refractivity contribution in [2.24, 2.45) is 5.92 Å². The van der Waals surface area contributed by atoms with Gasteiger partial charge in [0.25, 0.3) is 0 Å². The summed E-state index contributed by atoms with van der Waals surface area (Å²) >= 11 is 11.8. The van der Waals surface area contributed by atoms with E-state index in [-0.39, 0.29) is 17.7 Å². The quantitative estimate of drug-likeness (QED) is 0.678. The van der Waals surface area contributed by atoms with Crippen LogP contribution in [0, 0.1) is 11.7 Å². The third-order valence-electron chi connectivity index (χ3n) is 2.34. The van der Waals surface area contributed by atoms with Crippen LogP contribution in [0.4, 0.5) is 4.39 Å². The fraction of sp³-hybridized carbons (Fsp3) is 0.455. The predicted molar refractivity (Wildman–Crippen MR) is 59.7 cm³/mol. The maximum atomic E-state index is 13.5. The first kappa shape index (κ1) is 11.8. The molecule has 0 saturated heterocycles. The standard InChI is InChI=1S/C11H13Cl2F/c1-7(2)8(6-12)11-9(13)4-3-5-10(11)14/h3-5,7-8H,6H2,1-2H3. The van der Waals surface area contributed by atoms with E-state index in [0.717, 1.165) is 0 Å². The van der Waals surface area contributed by atoms with Gasteiger partial charge in [-0.3, -0.25) is 0 Å². The number of rotatable bonds is 3. The first-order valence-corrected chi connectivity index (χ1v) is 5.49. The summed E-state index contributed by atoms with van der Waals surface area (Å²) in [6.07, 6.45) is 0. The Morgan fingerprint density at radius 2 is 2.00 bits per heavy atom. The average Bonchev–Trinajstić information content (AvgIpc) is 2.10. The highest BCUT2D eigenvalue weighted by molar-refractivity contribution is 6.31. The van der Waals surface area contributed by atoms with E-state index in [2.05, 4.69) is 0 Å². The first-order chi connectivity index (χ1) is 6.57. The molecule has 3 heteroatoms. The second kappa shape index (κ2) is 4.99. The van der Waals surface area contributed by atoms with Crippen molar-refractivity contribution in [3.05, 3.63) is 34.6 Å². The molecule has 1 atom stereocenters. The molecular formula is C11H13Cl2F. The maximum absolute atomic E-state index is 13.5. The summed E-state index contributed by atoms with van der Waals surface area (Å²) < 4.78 is 13.5. The van der Waals surface area contributed by atoms with Crippen LogP contribution >= 0.6 is 23.2 Å². The highest BCUT2D eigenvalue weighted by Crippen LogP contribution is 2.33. The van der Waals surface area contributed by atoms with E-state index in [1.54, 1.807) is 12.1 Å². The molecule has 1 rings (SSSR count). The lowest BCUT2D eigenvalue weighted by molar-refractivity contribution is 0.505. The largest absolute Gasteiger partial charge is 0.207 e. The van der Waals surface area contributed by atoms with Gasteiger partial charge >= 0.3 is 0 Å². The minimum Gasteiger partial charge on any atom is -0.207 e. The maximum Gasteiger partial charge on any atom is 0.128 e. The van der Waals surface area contributed by atoms with Gasteiger partial charge in [0.1, 0.15) is 5.82 Å². The highest BCUT2D eigenvalue weighted by atomic mass is 35.5. The van der Waals surface area contributed by atoms with E-state index in [1.165, 1.54) is 6.07 Å². The topological polar surface area (TPSA) is 0 Å². The van der Waals surface area contributed by atoms with E-state index in [9.17, 15) is 4.39 Å². The first-order valence-electron chi connectivity index (χ1n) is 4.57. The van der Waals surface area contributed by atoms with E-state index in [1.807, 2.05) is 13.8 Å².